The number of aliphatic hydroxyl groups is 1. The smallest absolute Gasteiger partial charge is 0.364 e. The van der Waals surface area contributed by atoms with Crippen LogP contribution in [0.3, 0.4) is 0 Å². The predicted octanol–water partition coefficient (Wildman–Crippen LogP) is -0.00950. The van der Waals surface area contributed by atoms with Crippen LogP contribution in [0.25, 0.3) is 5.65 Å². The number of hydrogen-bond donors (Lipinski definition) is 3. The van der Waals surface area contributed by atoms with Gasteiger partial charge < -0.3 is 10.4 Å². The predicted molar refractivity (Wildman–Crippen MR) is 63.0 cm³/mol. The average molecular weight is 237 g/mol. The molecule has 2 heterocycles. The van der Waals surface area contributed by atoms with Gasteiger partial charge >= 0.3 is 5.69 Å². The topological polar surface area (TPSA) is 95.3 Å². The van der Waals surface area contributed by atoms with E-state index in [-0.39, 0.29) is 11.8 Å². The molecule has 7 nitrogen and oxygen atoms in total. The molecule has 17 heavy (non-hydrogen) atoms. The monoisotopic (exact) mass is 237 g/mol. The van der Waals surface area contributed by atoms with E-state index in [0.29, 0.717) is 18.0 Å². The van der Waals surface area contributed by atoms with Crippen LogP contribution in [0, 0.1) is 0 Å². The summed E-state index contributed by atoms with van der Waals surface area (Å²) in [6, 6.07) is 3.47. The lowest BCUT2D eigenvalue weighted by Gasteiger charge is -2.06. The molecule has 92 valence electrons. The van der Waals surface area contributed by atoms with Crippen molar-refractivity contribution in [2.45, 2.75) is 25.9 Å². The molecule has 1 atom stereocenters. The van der Waals surface area contributed by atoms with Crippen molar-refractivity contribution >= 4 is 11.5 Å². The van der Waals surface area contributed by atoms with Gasteiger partial charge in [-0.25, -0.2) is 9.89 Å². The maximum absolute atomic E-state index is 11.3. The zero-order valence-corrected chi connectivity index (χ0v) is 9.55. The van der Waals surface area contributed by atoms with E-state index in [9.17, 15) is 4.79 Å². The van der Waals surface area contributed by atoms with Gasteiger partial charge in [0.15, 0.2) is 5.65 Å². The molecule has 0 aliphatic rings. The summed E-state index contributed by atoms with van der Waals surface area (Å²) >= 11 is 0. The molecule has 0 saturated heterocycles. The van der Waals surface area contributed by atoms with E-state index in [2.05, 4.69) is 20.6 Å². The van der Waals surface area contributed by atoms with Crippen LogP contribution in [-0.2, 0) is 0 Å². The third-order valence-electron chi connectivity index (χ3n) is 2.38. The third kappa shape index (κ3) is 2.82. The summed E-state index contributed by atoms with van der Waals surface area (Å²) in [7, 11) is 0. The third-order valence-corrected chi connectivity index (χ3v) is 2.38. The first-order valence-electron chi connectivity index (χ1n) is 5.53. The maximum Gasteiger partial charge on any atom is 0.364 e. The zero-order valence-electron chi connectivity index (χ0n) is 9.55. The summed E-state index contributed by atoms with van der Waals surface area (Å²) in [5.74, 6) is 0.617. The maximum atomic E-state index is 11.3. The number of aromatic amines is 1. The highest BCUT2D eigenvalue weighted by atomic mass is 16.3. The number of hydrogen-bond acceptors (Lipinski definition) is 5. The van der Waals surface area contributed by atoms with Gasteiger partial charge in [0.25, 0.3) is 0 Å². The van der Waals surface area contributed by atoms with Gasteiger partial charge in [0.1, 0.15) is 5.82 Å². The van der Waals surface area contributed by atoms with Gasteiger partial charge in [-0.2, -0.15) is 9.61 Å². The Kier molecular flexibility index (Phi) is 3.38. The number of rotatable bonds is 5. The SMILES string of the molecule is CC(O)CCCNc1ccc2n[nH]c(=O)n2n1. The van der Waals surface area contributed by atoms with Crippen LogP contribution in [-0.4, -0.2) is 37.6 Å². The molecular formula is C10H15N5O2. The highest BCUT2D eigenvalue weighted by molar-refractivity contribution is 5.42. The molecule has 0 spiro atoms. The Balaban J connectivity index is 1.99. The quantitative estimate of drug-likeness (QED) is 0.636. The van der Waals surface area contributed by atoms with E-state index in [0.717, 1.165) is 12.8 Å². The van der Waals surface area contributed by atoms with Gasteiger partial charge in [-0.1, -0.05) is 0 Å². The molecule has 7 heteroatoms. The van der Waals surface area contributed by atoms with E-state index in [1.54, 1.807) is 19.1 Å². The van der Waals surface area contributed by atoms with Crippen molar-refractivity contribution in [3.8, 4) is 0 Å². The number of fused-ring (bicyclic) bond motifs is 1. The Hall–Kier alpha value is -1.89. The van der Waals surface area contributed by atoms with Crippen LogP contribution >= 0.6 is 0 Å². The minimum absolute atomic E-state index is 0.288. The first kappa shape index (κ1) is 11.6. The van der Waals surface area contributed by atoms with Gasteiger partial charge in [-0.15, -0.1) is 5.10 Å². The summed E-state index contributed by atoms with van der Waals surface area (Å²) < 4.78 is 1.21. The standard InChI is InChI=1S/C10H15N5O2/c1-7(16)3-2-6-11-8-4-5-9-12-13-10(17)15(9)14-8/h4-5,7,16H,2-3,6H2,1H3,(H,11,14)(H,13,17). The molecule has 1 unspecified atom stereocenters. The second kappa shape index (κ2) is 4.96. The van der Waals surface area contributed by atoms with E-state index in [1.807, 2.05) is 0 Å². The Morgan fingerprint density at radius 2 is 2.41 bits per heavy atom. The van der Waals surface area contributed by atoms with Crippen molar-refractivity contribution in [2.75, 3.05) is 11.9 Å². The molecule has 2 rings (SSSR count). The van der Waals surface area contributed by atoms with Crippen LogP contribution < -0.4 is 11.0 Å². The lowest BCUT2D eigenvalue weighted by molar-refractivity contribution is 0.183. The zero-order chi connectivity index (χ0) is 12.3. The Morgan fingerprint density at radius 3 is 3.18 bits per heavy atom. The molecule has 0 amide bonds. The second-order valence-electron chi connectivity index (χ2n) is 3.94. The average Bonchev–Trinajstić information content (AvgIpc) is 2.66. The summed E-state index contributed by atoms with van der Waals surface area (Å²) in [5.41, 5.74) is 0.136. The van der Waals surface area contributed by atoms with E-state index < -0.39 is 0 Å². The second-order valence-corrected chi connectivity index (χ2v) is 3.94. The summed E-state index contributed by atoms with van der Waals surface area (Å²) in [5, 5.41) is 22.4. The van der Waals surface area contributed by atoms with Gasteiger partial charge in [0.05, 0.1) is 6.10 Å². The summed E-state index contributed by atoms with van der Waals surface area (Å²) in [6.45, 7) is 2.46. The van der Waals surface area contributed by atoms with E-state index in [1.165, 1.54) is 4.52 Å². The first-order valence-corrected chi connectivity index (χ1v) is 5.53. The van der Waals surface area contributed by atoms with Crippen LogP contribution in [0.5, 0.6) is 0 Å². The number of nitrogens with zero attached hydrogens (tertiary/aromatic N) is 3. The fraction of sp³-hybridized carbons (Fsp3) is 0.500. The van der Waals surface area contributed by atoms with Crippen LogP contribution in [0.4, 0.5) is 5.82 Å². The Bertz CT molecular complexity index is 545. The molecule has 3 N–H and O–H groups in total. The van der Waals surface area contributed by atoms with E-state index in [4.69, 9.17) is 5.11 Å². The minimum atomic E-state index is -0.354. The molecule has 0 aliphatic carbocycles. The highest BCUT2D eigenvalue weighted by Gasteiger charge is 2.02. The van der Waals surface area contributed by atoms with Gasteiger partial charge in [-0.3, -0.25) is 0 Å². The number of aromatic nitrogens is 4. The van der Waals surface area contributed by atoms with Gasteiger partial charge in [-0.05, 0) is 31.9 Å². The minimum Gasteiger partial charge on any atom is -0.393 e. The molecule has 0 saturated carbocycles. The number of H-pyrrole nitrogens is 1. The van der Waals surface area contributed by atoms with Crippen LogP contribution in [0.2, 0.25) is 0 Å². The molecule has 0 fully saturated rings. The normalized spacial score (nSPS) is 12.8. The molecule has 2 aromatic rings. The van der Waals surface area contributed by atoms with Crippen molar-refractivity contribution in [1.82, 2.24) is 19.8 Å². The van der Waals surface area contributed by atoms with Crippen molar-refractivity contribution in [3.05, 3.63) is 22.6 Å². The molecule has 0 bridgehead atoms. The number of nitrogens with one attached hydrogen (secondary N) is 2. The molecule has 0 aliphatic heterocycles. The summed E-state index contributed by atoms with van der Waals surface area (Å²) in [6.07, 6.45) is 1.29. The van der Waals surface area contributed by atoms with E-state index >= 15 is 0 Å². The lowest BCUT2D eigenvalue weighted by Crippen LogP contribution is -2.14. The summed E-state index contributed by atoms with van der Waals surface area (Å²) in [4.78, 5) is 11.3. The first-order chi connectivity index (χ1) is 8.16. The molecule has 0 radical (unpaired) electrons. The molecular weight excluding hydrogens is 222 g/mol. The van der Waals surface area contributed by atoms with Gasteiger partial charge in [0.2, 0.25) is 0 Å². The Morgan fingerprint density at radius 1 is 1.59 bits per heavy atom. The lowest BCUT2D eigenvalue weighted by atomic mass is 10.2. The van der Waals surface area contributed by atoms with Crippen LogP contribution in [0.15, 0.2) is 16.9 Å². The van der Waals surface area contributed by atoms with Crippen LogP contribution in [0.1, 0.15) is 19.8 Å². The largest absolute Gasteiger partial charge is 0.393 e. The number of aliphatic hydroxyl groups excluding tert-OH is 1. The van der Waals surface area contributed by atoms with Crippen molar-refractivity contribution in [3.63, 3.8) is 0 Å². The number of anilines is 1. The van der Waals surface area contributed by atoms with Crippen molar-refractivity contribution in [1.29, 1.82) is 0 Å². The fourth-order valence-corrected chi connectivity index (χ4v) is 1.51. The van der Waals surface area contributed by atoms with Crippen molar-refractivity contribution in [2.24, 2.45) is 0 Å². The Labute approximate surface area is 97.5 Å². The molecule has 2 aromatic heterocycles. The fourth-order valence-electron chi connectivity index (χ4n) is 1.51. The van der Waals surface area contributed by atoms with Crippen molar-refractivity contribution < 1.29 is 5.11 Å². The van der Waals surface area contributed by atoms with Gasteiger partial charge in [0, 0.05) is 6.54 Å². The highest BCUT2D eigenvalue weighted by Crippen LogP contribution is 2.03. The molecule has 0 aromatic carbocycles.